The lowest BCUT2D eigenvalue weighted by Crippen LogP contribution is -2.41. The van der Waals surface area contributed by atoms with Crippen molar-refractivity contribution in [1.29, 1.82) is 0 Å². The molecule has 0 aliphatic heterocycles. The zero-order valence-electron chi connectivity index (χ0n) is 10.6. The fourth-order valence-corrected chi connectivity index (χ4v) is 6.45. The van der Waals surface area contributed by atoms with Gasteiger partial charge in [-0.2, -0.15) is 0 Å². The van der Waals surface area contributed by atoms with E-state index in [9.17, 15) is 8.42 Å². The van der Waals surface area contributed by atoms with E-state index in [0.29, 0.717) is 4.90 Å². The molecule has 1 rings (SSSR count). The predicted molar refractivity (Wildman–Crippen MR) is 71.2 cm³/mol. The van der Waals surface area contributed by atoms with Crippen molar-refractivity contribution in [2.24, 2.45) is 0 Å². The Morgan fingerprint density at radius 3 is 1.88 bits per heavy atom. The molecule has 0 amide bonds. The van der Waals surface area contributed by atoms with Crippen LogP contribution in [0.2, 0.25) is 19.6 Å². The van der Waals surface area contributed by atoms with Crippen LogP contribution < -0.4 is 0 Å². The van der Waals surface area contributed by atoms with E-state index in [-0.39, 0.29) is 4.87 Å². The first kappa shape index (κ1) is 13.5. The second kappa shape index (κ2) is 4.34. The molecule has 0 N–H and O–H groups in total. The highest BCUT2D eigenvalue weighted by Gasteiger charge is 2.34. The first-order valence-corrected chi connectivity index (χ1v) is 10.6. The van der Waals surface area contributed by atoms with Crippen LogP contribution in [-0.2, 0) is 9.84 Å². The molecule has 0 bridgehead atoms. The van der Waals surface area contributed by atoms with E-state index in [4.69, 9.17) is 0 Å². The predicted octanol–water partition coefficient (Wildman–Crippen LogP) is 3.03. The van der Waals surface area contributed by atoms with Gasteiger partial charge in [-0.25, -0.2) is 8.42 Å². The summed E-state index contributed by atoms with van der Waals surface area (Å²) in [6.07, 6.45) is 0. The minimum Gasteiger partial charge on any atom is -0.224 e. The molecule has 2 nitrogen and oxygen atoms in total. The summed E-state index contributed by atoms with van der Waals surface area (Å²) < 4.78 is 24.6. The van der Waals surface area contributed by atoms with Crippen molar-refractivity contribution in [3.8, 4) is 0 Å². The monoisotopic (exact) mass is 256 g/mol. The number of hydrogen-bond acceptors (Lipinski definition) is 2. The third kappa shape index (κ3) is 2.74. The van der Waals surface area contributed by atoms with Gasteiger partial charge >= 0.3 is 0 Å². The van der Waals surface area contributed by atoms with Crippen molar-refractivity contribution < 1.29 is 8.42 Å². The van der Waals surface area contributed by atoms with Crippen LogP contribution in [0, 0.1) is 6.92 Å². The Labute approximate surface area is 99.6 Å². The summed E-state index contributed by atoms with van der Waals surface area (Å²) in [6, 6.07) is 7.12. The van der Waals surface area contributed by atoms with Gasteiger partial charge in [0.1, 0.15) is 0 Å². The Morgan fingerprint density at radius 2 is 1.50 bits per heavy atom. The smallest absolute Gasteiger partial charge is 0.178 e. The second-order valence-electron chi connectivity index (χ2n) is 5.37. The molecule has 0 spiro atoms. The summed E-state index contributed by atoms with van der Waals surface area (Å²) >= 11 is 0. The molecule has 1 aromatic rings. The Balaban J connectivity index is 3.17. The third-order valence-electron chi connectivity index (χ3n) is 3.03. The minimum absolute atomic E-state index is 0.247. The summed E-state index contributed by atoms with van der Waals surface area (Å²) in [7, 11) is -4.83. The molecular weight excluding hydrogens is 236 g/mol. The highest BCUT2D eigenvalue weighted by atomic mass is 32.2. The molecule has 1 aromatic carbocycles. The largest absolute Gasteiger partial charge is 0.224 e. The Bertz CT molecular complexity index is 455. The summed E-state index contributed by atoms with van der Waals surface area (Å²) in [6.45, 7) is 10.1. The molecule has 4 heteroatoms. The zero-order valence-corrected chi connectivity index (χ0v) is 12.4. The van der Waals surface area contributed by atoms with Gasteiger partial charge in [-0.15, -0.1) is 0 Å². The van der Waals surface area contributed by atoms with Crippen LogP contribution in [-0.4, -0.2) is 21.4 Å². The van der Waals surface area contributed by atoms with Crippen molar-refractivity contribution in [3.63, 3.8) is 0 Å². The average molecular weight is 256 g/mol. The van der Waals surface area contributed by atoms with E-state index in [1.165, 1.54) is 0 Å². The van der Waals surface area contributed by atoms with E-state index in [0.717, 1.165) is 5.56 Å². The number of rotatable bonds is 3. The average Bonchev–Trinajstić information content (AvgIpc) is 2.16. The second-order valence-corrected chi connectivity index (χ2v) is 13.7. The first-order valence-electron chi connectivity index (χ1n) is 5.46. The van der Waals surface area contributed by atoms with Gasteiger partial charge in [0.05, 0.1) is 17.8 Å². The molecule has 90 valence electrons. The maximum Gasteiger partial charge on any atom is 0.178 e. The number of hydrogen-bond donors (Lipinski definition) is 0. The SMILES string of the molecule is Cc1ccc(S(=O)(=O)C(C)[Si](C)(C)C)cc1. The molecule has 0 heterocycles. The Kier molecular flexibility index (Phi) is 3.64. The van der Waals surface area contributed by atoms with Crippen LogP contribution in [0.5, 0.6) is 0 Å². The maximum absolute atomic E-state index is 12.3. The zero-order chi connectivity index (χ0) is 12.6. The van der Waals surface area contributed by atoms with Crippen LogP contribution in [0.3, 0.4) is 0 Å². The van der Waals surface area contributed by atoms with Gasteiger partial charge in [-0.05, 0) is 19.1 Å². The van der Waals surface area contributed by atoms with Gasteiger partial charge in [0, 0.05) is 0 Å². The topological polar surface area (TPSA) is 34.1 Å². The van der Waals surface area contributed by atoms with Gasteiger partial charge in [-0.3, -0.25) is 0 Å². The fourth-order valence-electron chi connectivity index (χ4n) is 1.40. The lowest BCUT2D eigenvalue weighted by atomic mass is 10.2. The molecule has 0 aliphatic rings. The highest BCUT2D eigenvalue weighted by Crippen LogP contribution is 2.23. The van der Waals surface area contributed by atoms with Crippen molar-refractivity contribution in [1.82, 2.24) is 0 Å². The van der Waals surface area contributed by atoms with Crippen molar-refractivity contribution >= 4 is 17.9 Å². The molecule has 0 aromatic heterocycles. The summed E-state index contributed by atoms with van der Waals surface area (Å²) in [5.41, 5.74) is 1.08. The van der Waals surface area contributed by atoms with Crippen LogP contribution in [0.4, 0.5) is 0 Å². The summed E-state index contributed by atoms with van der Waals surface area (Å²) in [5, 5.41) is 0. The fraction of sp³-hybridized carbons (Fsp3) is 0.500. The standard InChI is InChI=1S/C12H20O2SSi/c1-10-6-8-12(9-7-10)15(13,14)11(2)16(3,4)5/h6-9,11H,1-5H3. The van der Waals surface area contributed by atoms with Crippen molar-refractivity contribution in [2.75, 3.05) is 0 Å². The summed E-state index contributed by atoms with van der Waals surface area (Å²) in [4.78, 5) is 0.204. The van der Waals surface area contributed by atoms with Gasteiger partial charge in [-0.1, -0.05) is 44.3 Å². The van der Waals surface area contributed by atoms with E-state index in [2.05, 4.69) is 19.6 Å². The van der Waals surface area contributed by atoms with Crippen molar-refractivity contribution in [2.45, 2.75) is 43.3 Å². The molecule has 16 heavy (non-hydrogen) atoms. The van der Waals surface area contributed by atoms with Crippen molar-refractivity contribution in [3.05, 3.63) is 29.8 Å². The molecule has 0 fully saturated rings. The number of sulfone groups is 1. The van der Waals surface area contributed by atoms with E-state index >= 15 is 0 Å². The van der Waals surface area contributed by atoms with Gasteiger partial charge in [0.25, 0.3) is 0 Å². The van der Waals surface area contributed by atoms with E-state index < -0.39 is 17.9 Å². The molecule has 0 aliphatic carbocycles. The van der Waals surface area contributed by atoms with Crippen LogP contribution in [0.25, 0.3) is 0 Å². The molecule has 1 atom stereocenters. The van der Waals surface area contributed by atoms with Crippen LogP contribution in [0.1, 0.15) is 12.5 Å². The maximum atomic E-state index is 12.3. The lowest BCUT2D eigenvalue weighted by Gasteiger charge is -2.25. The van der Waals surface area contributed by atoms with Gasteiger partial charge in [0.2, 0.25) is 0 Å². The number of aryl methyl sites for hydroxylation is 1. The molecule has 0 radical (unpaired) electrons. The van der Waals surface area contributed by atoms with Gasteiger partial charge < -0.3 is 0 Å². The molecular formula is C12H20O2SSi. The lowest BCUT2D eigenvalue weighted by molar-refractivity contribution is 0.593. The highest BCUT2D eigenvalue weighted by molar-refractivity contribution is 7.94. The van der Waals surface area contributed by atoms with Gasteiger partial charge in [0.15, 0.2) is 9.84 Å². The number of benzene rings is 1. The first-order chi connectivity index (χ1) is 7.15. The minimum atomic E-state index is -3.15. The Morgan fingerprint density at radius 1 is 1.06 bits per heavy atom. The Hall–Kier alpha value is -0.613. The third-order valence-corrected chi connectivity index (χ3v) is 10.4. The van der Waals surface area contributed by atoms with Crippen LogP contribution in [0.15, 0.2) is 29.2 Å². The molecule has 0 saturated heterocycles. The van der Waals surface area contributed by atoms with E-state index in [1.807, 2.05) is 26.0 Å². The van der Waals surface area contributed by atoms with Crippen LogP contribution >= 0.6 is 0 Å². The quantitative estimate of drug-likeness (QED) is 0.779. The molecule has 0 saturated carbocycles. The van der Waals surface area contributed by atoms with E-state index in [1.54, 1.807) is 12.1 Å². The molecule has 1 unspecified atom stereocenters. The summed E-state index contributed by atoms with van der Waals surface area (Å²) in [5.74, 6) is 0. The normalized spacial score (nSPS) is 14.8.